The van der Waals surface area contributed by atoms with Crippen LogP contribution in [0.3, 0.4) is 0 Å². The van der Waals surface area contributed by atoms with Crippen molar-refractivity contribution in [3.05, 3.63) is 36.4 Å². The maximum Gasteiger partial charge on any atom is 0.137 e. The Balaban J connectivity index is 1.56. The molecule has 0 saturated carbocycles. The summed E-state index contributed by atoms with van der Waals surface area (Å²) in [5.74, 6) is 2.45. The zero-order valence-corrected chi connectivity index (χ0v) is 11.0. The maximum atomic E-state index is 5.83. The zero-order valence-electron chi connectivity index (χ0n) is 11.0. The van der Waals surface area contributed by atoms with Gasteiger partial charge in [0.2, 0.25) is 0 Å². The predicted molar refractivity (Wildman–Crippen MR) is 70.3 cm³/mol. The van der Waals surface area contributed by atoms with Crippen LogP contribution in [-0.2, 0) is 18.3 Å². The second kappa shape index (κ2) is 5.54. The summed E-state index contributed by atoms with van der Waals surface area (Å²) in [4.78, 5) is 11.7. The molecule has 2 atom stereocenters. The average Bonchev–Trinajstić information content (AvgIpc) is 3.10. The van der Waals surface area contributed by atoms with Crippen LogP contribution in [0.4, 0.5) is 0 Å². The molecule has 0 radical (unpaired) electrons. The number of rotatable bonds is 5. The Morgan fingerprint density at radius 1 is 1.47 bits per heavy atom. The molecule has 2 aromatic rings. The van der Waals surface area contributed by atoms with E-state index in [9.17, 15) is 0 Å². The van der Waals surface area contributed by atoms with Gasteiger partial charge in [-0.2, -0.15) is 0 Å². The van der Waals surface area contributed by atoms with Crippen molar-refractivity contribution in [2.24, 2.45) is 13.0 Å². The van der Waals surface area contributed by atoms with E-state index >= 15 is 0 Å². The first-order valence-corrected chi connectivity index (χ1v) is 6.62. The molecule has 0 bridgehead atoms. The van der Waals surface area contributed by atoms with E-state index in [1.165, 1.54) is 0 Å². The number of nitrogens with one attached hydrogen (secondary N) is 2. The molecule has 3 heterocycles. The highest BCUT2D eigenvalue weighted by Gasteiger charge is 2.31. The molecule has 0 spiro atoms. The standard InChI is InChI=1S/C13H19N5O/c1-18-6-5-17-13(18)12-10(2-7-19-12)8-14-9-11-15-3-4-16-11/h3-6,10,12,14H,2,7-9H2,1H3,(H,15,16)/t10-,12+/m0/s1. The first-order valence-electron chi connectivity index (χ1n) is 6.62. The molecule has 19 heavy (non-hydrogen) atoms. The van der Waals surface area contributed by atoms with E-state index in [1.807, 2.05) is 30.2 Å². The third-order valence-corrected chi connectivity index (χ3v) is 3.58. The van der Waals surface area contributed by atoms with Crippen LogP contribution in [0.5, 0.6) is 0 Å². The molecule has 2 aromatic heterocycles. The van der Waals surface area contributed by atoms with Crippen molar-refractivity contribution in [3.63, 3.8) is 0 Å². The quantitative estimate of drug-likeness (QED) is 0.843. The van der Waals surface area contributed by atoms with Gasteiger partial charge in [0.15, 0.2) is 0 Å². The van der Waals surface area contributed by atoms with Gasteiger partial charge in [-0.05, 0) is 6.42 Å². The van der Waals surface area contributed by atoms with Crippen molar-refractivity contribution in [1.82, 2.24) is 24.8 Å². The van der Waals surface area contributed by atoms with Crippen molar-refractivity contribution in [2.45, 2.75) is 19.1 Å². The Labute approximate surface area is 112 Å². The largest absolute Gasteiger partial charge is 0.370 e. The topological polar surface area (TPSA) is 67.8 Å². The van der Waals surface area contributed by atoms with Crippen molar-refractivity contribution < 1.29 is 4.74 Å². The van der Waals surface area contributed by atoms with Gasteiger partial charge in [0.25, 0.3) is 0 Å². The minimum Gasteiger partial charge on any atom is -0.370 e. The summed E-state index contributed by atoms with van der Waals surface area (Å²) >= 11 is 0. The van der Waals surface area contributed by atoms with Crippen LogP contribution in [-0.4, -0.2) is 32.7 Å². The lowest BCUT2D eigenvalue weighted by Crippen LogP contribution is -2.26. The highest BCUT2D eigenvalue weighted by atomic mass is 16.5. The van der Waals surface area contributed by atoms with Crippen LogP contribution >= 0.6 is 0 Å². The number of H-pyrrole nitrogens is 1. The molecular formula is C13H19N5O. The monoisotopic (exact) mass is 261 g/mol. The van der Waals surface area contributed by atoms with E-state index in [1.54, 1.807) is 6.20 Å². The molecule has 3 rings (SSSR count). The van der Waals surface area contributed by atoms with Gasteiger partial charge in [-0.3, -0.25) is 0 Å². The van der Waals surface area contributed by atoms with Gasteiger partial charge in [0, 0.05) is 50.9 Å². The molecule has 1 fully saturated rings. The molecule has 6 heteroatoms. The molecule has 0 unspecified atom stereocenters. The summed E-state index contributed by atoms with van der Waals surface area (Å²) in [5.41, 5.74) is 0. The van der Waals surface area contributed by atoms with Gasteiger partial charge in [-0.25, -0.2) is 9.97 Å². The minimum absolute atomic E-state index is 0.101. The summed E-state index contributed by atoms with van der Waals surface area (Å²) in [6.45, 7) is 2.49. The Kier molecular flexibility index (Phi) is 3.61. The lowest BCUT2D eigenvalue weighted by atomic mass is 10.0. The Hall–Kier alpha value is -1.66. The molecular weight excluding hydrogens is 242 g/mol. The molecule has 1 aliphatic rings. The van der Waals surface area contributed by atoms with Crippen LogP contribution in [0, 0.1) is 5.92 Å². The number of nitrogens with zero attached hydrogens (tertiary/aromatic N) is 3. The van der Waals surface area contributed by atoms with Gasteiger partial charge >= 0.3 is 0 Å². The van der Waals surface area contributed by atoms with Crippen molar-refractivity contribution >= 4 is 0 Å². The van der Waals surface area contributed by atoms with Gasteiger partial charge in [-0.1, -0.05) is 0 Å². The SMILES string of the molecule is Cn1ccnc1[C@@H]1OCC[C@H]1CNCc1ncc[nH]1. The van der Waals surface area contributed by atoms with Gasteiger partial charge in [0.1, 0.15) is 17.8 Å². The lowest BCUT2D eigenvalue weighted by Gasteiger charge is -2.18. The van der Waals surface area contributed by atoms with Crippen LogP contribution in [0.15, 0.2) is 24.8 Å². The summed E-state index contributed by atoms with van der Waals surface area (Å²) in [7, 11) is 2.01. The second-order valence-electron chi connectivity index (χ2n) is 4.90. The minimum atomic E-state index is 0.101. The van der Waals surface area contributed by atoms with Gasteiger partial charge in [0.05, 0.1) is 6.54 Å². The van der Waals surface area contributed by atoms with Gasteiger partial charge in [-0.15, -0.1) is 0 Å². The van der Waals surface area contributed by atoms with Gasteiger partial charge < -0.3 is 19.6 Å². The molecule has 102 valence electrons. The van der Waals surface area contributed by atoms with E-state index in [0.717, 1.165) is 37.8 Å². The average molecular weight is 261 g/mol. The van der Waals surface area contributed by atoms with Crippen molar-refractivity contribution in [2.75, 3.05) is 13.2 Å². The molecule has 6 nitrogen and oxygen atoms in total. The fourth-order valence-corrected chi connectivity index (χ4v) is 2.55. The number of aromatic nitrogens is 4. The highest BCUT2D eigenvalue weighted by Crippen LogP contribution is 2.32. The van der Waals surface area contributed by atoms with Crippen LogP contribution in [0.1, 0.15) is 24.2 Å². The zero-order chi connectivity index (χ0) is 13.1. The maximum absolute atomic E-state index is 5.83. The van der Waals surface area contributed by atoms with Crippen LogP contribution in [0.2, 0.25) is 0 Å². The van der Waals surface area contributed by atoms with E-state index in [4.69, 9.17) is 4.74 Å². The number of aryl methyl sites for hydroxylation is 1. The number of hydrogen-bond acceptors (Lipinski definition) is 4. The third kappa shape index (κ3) is 2.69. The summed E-state index contributed by atoms with van der Waals surface area (Å²) < 4.78 is 7.87. The second-order valence-corrected chi connectivity index (χ2v) is 4.90. The Morgan fingerprint density at radius 2 is 2.42 bits per heavy atom. The Bertz CT molecular complexity index is 507. The molecule has 1 saturated heterocycles. The molecule has 0 aliphatic carbocycles. The fourth-order valence-electron chi connectivity index (χ4n) is 2.55. The fraction of sp³-hybridized carbons (Fsp3) is 0.538. The third-order valence-electron chi connectivity index (χ3n) is 3.58. The number of aromatic amines is 1. The summed E-state index contributed by atoms with van der Waals surface area (Å²) in [6.07, 6.45) is 8.57. The number of ether oxygens (including phenoxy) is 1. The predicted octanol–water partition coefficient (Wildman–Crippen LogP) is 1.01. The normalized spacial score (nSPS) is 23.0. The lowest BCUT2D eigenvalue weighted by molar-refractivity contribution is 0.0810. The Morgan fingerprint density at radius 3 is 3.16 bits per heavy atom. The van der Waals surface area contributed by atoms with Crippen LogP contribution < -0.4 is 5.32 Å². The highest BCUT2D eigenvalue weighted by molar-refractivity contribution is 5.00. The van der Waals surface area contributed by atoms with Crippen molar-refractivity contribution in [3.8, 4) is 0 Å². The van der Waals surface area contributed by atoms with Crippen molar-refractivity contribution in [1.29, 1.82) is 0 Å². The van der Waals surface area contributed by atoms with E-state index in [2.05, 4.69) is 20.3 Å². The first kappa shape index (κ1) is 12.4. The number of hydrogen-bond donors (Lipinski definition) is 2. The molecule has 0 amide bonds. The van der Waals surface area contributed by atoms with E-state index in [0.29, 0.717) is 5.92 Å². The smallest absolute Gasteiger partial charge is 0.137 e. The molecule has 2 N–H and O–H groups in total. The summed E-state index contributed by atoms with van der Waals surface area (Å²) in [6, 6.07) is 0. The first-order chi connectivity index (χ1) is 9.34. The van der Waals surface area contributed by atoms with E-state index in [-0.39, 0.29) is 6.10 Å². The summed E-state index contributed by atoms with van der Waals surface area (Å²) in [5, 5.41) is 3.43. The molecule has 0 aromatic carbocycles. The molecule has 1 aliphatic heterocycles. The van der Waals surface area contributed by atoms with E-state index < -0.39 is 0 Å². The van der Waals surface area contributed by atoms with Crippen LogP contribution in [0.25, 0.3) is 0 Å². The number of imidazole rings is 2.